The second-order valence-electron chi connectivity index (χ2n) is 6.66. The summed E-state index contributed by atoms with van der Waals surface area (Å²) in [6.07, 6.45) is 5.25. The Bertz CT molecular complexity index is 1240. The summed E-state index contributed by atoms with van der Waals surface area (Å²) in [7, 11) is -4.62. The van der Waals surface area contributed by atoms with Gasteiger partial charge in [0, 0.05) is 24.9 Å². The highest BCUT2D eigenvalue weighted by atomic mass is 31.2. The average molecular weight is 456 g/mol. The second-order valence-corrected chi connectivity index (χ2v) is 7.90. The molecule has 0 unspecified atom stereocenters. The molecule has 4 N–H and O–H groups in total. The Morgan fingerprint density at radius 2 is 1.84 bits per heavy atom. The third-order valence-corrected chi connectivity index (χ3v) is 4.82. The number of benzene rings is 1. The first-order valence-electron chi connectivity index (χ1n) is 9.35. The van der Waals surface area contributed by atoms with Gasteiger partial charge in [0.05, 0.1) is 11.9 Å². The Kier molecular flexibility index (Phi) is 6.24. The van der Waals surface area contributed by atoms with Crippen LogP contribution in [0.25, 0.3) is 11.3 Å². The number of hydrogen-bond donors (Lipinski definition) is 3. The highest BCUT2D eigenvalue weighted by Crippen LogP contribution is 2.35. The summed E-state index contributed by atoms with van der Waals surface area (Å²) in [5.41, 5.74) is 8.29. The molecule has 4 rings (SSSR count). The molecular formula is C20H19N5O6P+. The van der Waals surface area contributed by atoms with Crippen molar-refractivity contribution in [2.75, 3.05) is 5.73 Å². The minimum absolute atomic E-state index is 0.216. The number of ether oxygens (including phenoxy) is 1. The molecular weight excluding hydrogens is 437 g/mol. The third kappa shape index (κ3) is 5.54. The molecule has 0 bridgehead atoms. The fourth-order valence-electron chi connectivity index (χ4n) is 2.87. The number of nitrogens with zero attached hydrogens (tertiary/aromatic N) is 4. The third-order valence-electron chi connectivity index (χ3n) is 4.36. The molecule has 0 atom stereocenters. The second kappa shape index (κ2) is 9.25. The van der Waals surface area contributed by atoms with Gasteiger partial charge in [0.25, 0.3) is 5.82 Å². The standard InChI is InChI=1S/C20H18N5O6P/c21-19-17(3-1-10-25(19)13-29-32(26,27)28)18-12-15(24-31-18)11-14-4-6-16(7-5-14)30-20-22-8-2-9-23-20/h1-10,12,21H,11,13H2,(H2,26,27,28)/p+1. The van der Waals surface area contributed by atoms with E-state index in [1.807, 2.05) is 24.3 Å². The van der Waals surface area contributed by atoms with Crippen LogP contribution < -0.4 is 15.0 Å². The molecule has 32 heavy (non-hydrogen) atoms. The van der Waals surface area contributed by atoms with Crippen LogP contribution in [0.2, 0.25) is 0 Å². The Hall–Kier alpha value is -3.63. The van der Waals surface area contributed by atoms with E-state index in [-0.39, 0.29) is 11.8 Å². The van der Waals surface area contributed by atoms with Crippen molar-refractivity contribution < 1.29 is 32.7 Å². The van der Waals surface area contributed by atoms with Gasteiger partial charge in [-0.1, -0.05) is 17.3 Å². The summed E-state index contributed by atoms with van der Waals surface area (Å²) >= 11 is 0. The van der Waals surface area contributed by atoms with E-state index in [0.29, 0.717) is 29.2 Å². The number of phosphoric acid groups is 1. The predicted molar refractivity (Wildman–Crippen MR) is 111 cm³/mol. The zero-order chi connectivity index (χ0) is 22.6. The lowest BCUT2D eigenvalue weighted by atomic mass is 10.1. The Balaban J connectivity index is 1.45. The first-order chi connectivity index (χ1) is 15.4. The monoisotopic (exact) mass is 456 g/mol. The van der Waals surface area contributed by atoms with E-state index < -0.39 is 14.6 Å². The number of aromatic nitrogens is 4. The Labute approximate surface area is 182 Å². The van der Waals surface area contributed by atoms with Crippen LogP contribution in [0, 0.1) is 0 Å². The van der Waals surface area contributed by atoms with Crippen LogP contribution in [0.4, 0.5) is 5.82 Å². The largest absolute Gasteiger partial charge is 0.472 e. The maximum absolute atomic E-state index is 10.9. The van der Waals surface area contributed by atoms with Crippen LogP contribution in [0.5, 0.6) is 11.8 Å². The number of phosphoric ester groups is 1. The van der Waals surface area contributed by atoms with E-state index >= 15 is 0 Å². The number of nitrogens with two attached hydrogens (primary N) is 1. The molecule has 4 aromatic rings. The van der Waals surface area contributed by atoms with Crippen molar-refractivity contribution in [1.82, 2.24) is 15.1 Å². The SMILES string of the molecule is Nc1c(-c2cc(Cc3ccc(Oc4ncccn4)cc3)no2)ccc[n+]1COP(=O)(O)O. The summed E-state index contributed by atoms with van der Waals surface area (Å²) in [5, 5.41) is 4.09. The average Bonchev–Trinajstić information content (AvgIpc) is 3.23. The number of pyridine rings is 1. The van der Waals surface area contributed by atoms with Gasteiger partial charge in [-0.15, -0.1) is 0 Å². The Morgan fingerprint density at radius 1 is 1.09 bits per heavy atom. The molecule has 0 amide bonds. The van der Waals surface area contributed by atoms with Crippen molar-refractivity contribution in [3.63, 3.8) is 0 Å². The summed E-state index contributed by atoms with van der Waals surface area (Å²) in [4.78, 5) is 25.8. The van der Waals surface area contributed by atoms with E-state index in [0.717, 1.165) is 5.56 Å². The molecule has 12 heteroatoms. The fraction of sp³-hybridized carbons (Fsp3) is 0.100. The Morgan fingerprint density at radius 3 is 2.56 bits per heavy atom. The molecule has 164 valence electrons. The first kappa shape index (κ1) is 21.6. The van der Waals surface area contributed by atoms with Crippen molar-refractivity contribution >= 4 is 13.6 Å². The van der Waals surface area contributed by atoms with Crippen LogP contribution in [0.3, 0.4) is 0 Å². The maximum Gasteiger partial charge on any atom is 0.472 e. The van der Waals surface area contributed by atoms with Crippen molar-refractivity contribution in [2.45, 2.75) is 13.2 Å². The first-order valence-corrected chi connectivity index (χ1v) is 10.9. The molecule has 3 heterocycles. The number of anilines is 1. The van der Waals surface area contributed by atoms with Crippen LogP contribution in [0.1, 0.15) is 11.3 Å². The molecule has 3 aromatic heterocycles. The smallest absolute Gasteiger partial charge is 0.424 e. The van der Waals surface area contributed by atoms with Crippen LogP contribution in [-0.2, 0) is 22.2 Å². The molecule has 0 saturated carbocycles. The fourth-order valence-corrected chi connectivity index (χ4v) is 3.15. The van der Waals surface area contributed by atoms with E-state index in [2.05, 4.69) is 19.6 Å². The summed E-state index contributed by atoms with van der Waals surface area (Å²) < 4.78 is 27.8. The lowest BCUT2D eigenvalue weighted by molar-refractivity contribution is -0.711. The lowest BCUT2D eigenvalue weighted by Gasteiger charge is -2.07. The van der Waals surface area contributed by atoms with Crippen molar-refractivity contribution in [2.24, 2.45) is 0 Å². The quantitative estimate of drug-likeness (QED) is 0.266. The van der Waals surface area contributed by atoms with Gasteiger partial charge in [0.2, 0.25) is 6.73 Å². The van der Waals surface area contributed by atoms with Gasteiger partial charge in [-0.3, -0.25) is 5.73 Å². The molecule has 1 aromatic carbocycles. The van der Waals surface area contributed by atoms with Crippen LogP contribution >= 0.6 is 7.82 Å². The van der Waals surface area contributed by atoms with E-state index in [1.165, 1.54) is 10.8 Å². The van der Waals surface area contributed by atoms with Crippen molar-refractivity contribution in [3.8, 4) is 23.1 Å². The summed E-state index contributed by atoms with van der Waals surface area (Å²) in [5.74, 6) is 1.25. The summed E-state index contributed by atoms with van der Waals surface area (Å²) in [6, 6.07) is 14.5. The predicted octanol–water partition coefficient (Wildman–Crippen LogP) is 2.45. The van der Waals surface area contributed by atoms with Gasteiger partial charge in [0.1, 0.15) is 11.3 Å². The minimum Gasteiger partial charge on any atom is -0.424 e. The molecule has 0 aliphatic carbocycles. The molecule has 0 fully saturated rings. The highest BCUT2D eigenvalue weighted by Gasteiger charge is 2.20. The molecule has 0 radical (unpaired) electrons. The lowest BCUT2D eigenvalue weighted by Crippen LogP contribution is -2.38. The van der Waals surface area contributed by atoms with Crippen LogP contribution in [-0.4, -0.2) is 24.9 Å². The zero-order valence-electron chi connectivity index (χ0n) is 16.6. The minimum atomic E-state index is -4.62. The van der Waals surface area contributed by atoms with Crippen molar-refractivity contribution in [3.05, 3.63) is 78.4 Å². The highest BCUT2D eigenvalue weighted by molar-refractivity contribution is 7.46. The van der Waals surface area contributed by atoms with Gasteiger partial charge in [-0.05, 0) is 35.9 Å². The number of nitrogen functional groups attached to an aromatic ring is 1. The topological polar surface area (TPSA) is 158 Å². The molecule has 11 nitrogen and oxygen atoms in total. The zero-order valence-corrected chi connectivity index (χ0v) is 17.5. The van der Waals surface area contributed by atoms with E-state index in [1.54, 1.807) is 36.7 Å². The number of rotatable bonds is 8. The van der Waals surface area contributed by atoms with Gasteiger partial charge in [0.15, 0.2) is 5.76 Å². The molecule has 0 aliphatic heterocycles. The summed E-state index contributed by atoms with van der Waals surface area (Å²) in [6.45, 7) is -0.409. The van der Waals surface area contributed by atoms with Gasteiger partial charge in [-0.25, -0.2) is 23.6 Å². The van der Waals surface area contributed by atoms with Gasteiger partial charge in [-0.2, -0.15) is 0 Å². The maximum atomic E-state index is 10.9. The van der Waals surface area contributed by atoms with Crippen LogP contribution in [0.15, 0.2) is 71.6 Å². The molecule has 0 saturated heterocycles. The van der Waals surface area contributed by atoms with E-state index in [4.69, 9.17) is 24.8 Å². The van der Waals surface area contributed by atoms with E-state index in [9.17, 15) is 4.57 Å². The molecule has 0 spiro atoms. The normalized spacial score (nSPS) is 11.4. The molecule has 0 aliphatic rings. The van der Waals surface area contributed by atoms with Crippen molar-refractivity contribution in [1.29, 1.82) is 0 Å². The number of hydrogen-bond acceptors (Lipinski definition) is 8. The van der Waals surface area contributed by atoms with Gasteiger partial charge >= 0.3 is 13.8 Å². The van der Waals surface area contributed by atoms with Gasteiger partial charge < -0.3 is 19.0 Å².